The summed E-state index contributed by atoms with van der Waals surface area (Å²) in [5.41, 5.74) is 3.79. The average Bonchev–Trinajstić information content (AvgIpc) is 2.67. The van der Waals surface area contributed by atoms with Crippen molar-refractivity contribution >= 4 is 5.69 Å². The average molecular weight is 317 g/mol. The molecule has 0 aromatic heterocycles. The van der Waals surface area contributed by atoms with E-state index in [4.69, 9.17) is 4.74 Å². The van der Waals surface area contributed by atoms with Gasteiger partial charge >= 0.3 is 0 Å². The maximum Gasteiger partial charge on any atom is 0.119 e. The molecule has 2 heteroatoms. The van der Waals surface area contributed by atoms with E-state index < -0.39 is 0 Å². The summed E-state index contributed by atoms with van der Waals surface area (Å²) >= 11 is 0. The molecule has 1 atom stereocenters. The molecule has 0 aliphatic carbocycles. The Morgan fingerprint density at radius 1 is 0.792 bits per heavy atom. The van der Waals surface area contributed by atoms with Crippen molar-refractivity contribution in [3.63, 3.8) is 0 Å². The lowest BCUT2D eigenvalue weighted by molar-refractivity contribution is 0.415. The van der Waals surface area contributed by atoms with Crippen molar-refractivity contribution < 1.29 is 4.74 Å². The molecule has 1 N–H and O–H groups in total. The van der Waals surface area contributed by atoms with E-state index in [0.29, 0.717) is 0 Å². The highest BCUT2D eigenvalue weighted by Crippen LogP contribution is 2.25. The summed E-state index contributed by atoms with van der Waals surface area (Å²) in [7, 11) is 1.69. The van der Waals surface area contributed by atoms with Gasteiger partial charge < -0.3 is 10.1 Å². The van der Waals surface area contributed by atoms with E-state index in [-0.39, 0.29) is 6.04 Å². The highest BCUT2D eigenvalue weighted by molar-refractivity contribution is 5.48. The standard InChI is InChI=1S/C22H23NO/c1-24-21-15-13-20(14-16-21)23-22(19-10-6-3-7-11-19)17-12-18-8-4-2-5-9-18/h2-11,13-16,22-23H,12,17H2,1H3/t22-/m0/s1. The van der Waals surface area contributed by atoms with Crippen LogP contribution in [0.2, 0.25) is 0 Å². The van der Waals surface area contributed by atoms with Gasteiger partial charge in [0.15, 0.2) is 0 Å². The number of benzene rings is 3. The van der Waals surface area contributed by atoms with E-state index in [1.165, 1.54) is 11.1 Å². The van der Waals surface area contributed by atoms with Crippen LogP contribution in [0.15, 0.2) is 84.9 Å². The van der Waals surface area contributed by atoms with E-state index in [2.05, 4.69) is 78.1 Å². The summed E-state index contributed by atoms with van der Waals surface area (Å²) in [4.78, 5) is 0. The van der Waals surface area contributed by atoms with Crippen molar-refractivity contribution in [2.45, 2.75) is 18.9 Å². The van der Waals surface area contributed by atoms with Crippen molar-refractivity contribution in [1.29, 1.82) is 0 Å². The maximum atomic E-state index is 5.24. The van der Waals surface area contributed by atoms with Crippen LogP contribution in [-0.4, -0.2) is 7.11 Å². The molecule has 3 aromatic carbocycles. The second-order valence-corrected chi connectivity index (χ2v) is 5.86. The fourth-order valence-electron chi connectivity index (χ4n) is 2.85. The van der Waals surface area contributed by atoms with Crippen LogP contribution in [0.1, 0.15) is 23.6 Å². The van der Waals surface area contributed by atoms with Gasteiger partial charge in [-0.1, -0.05) is 60.7 Å². The molecule has 0 aliphatic rings. The third kappa shape index (κ3) is 4.39. The Bertz CT molecular complexity index is 723. The first kappa shape index (κ1) is 16.1. The molecule has 0 radical (unpaired) electrons. The number of hydrogen-bond donors (Lipinski definition) is 1. The molecular weight excluding hydrogens is 294 g/mol. The zero-order valence-corrected chi connectivity index (χ0v) is 14.0. The largest absolute Gasteiger partial charge is 0.497 e. The highest BCUT2D eigenvalue weighted by atomic mass is 16.5. The molecule has 3 rings (SSSR count). The lowest BCUT2D eigenvalue weighted by atomic mass is 9.98. The molecule has 0 saturated carbocycles. The SMILES string of the molecule is COc1ccc(N[C@@H](CCc2ccccc2)c2ccccc2)cc1. The van der Waals surface area contributed by atoms with Gasteiger partial charge in [0.2, 0.25) is 0 Å². The molecule has 3 aromatic rings. The highest BCUT2D eigenvalue weighted by Gasteiger charge is 2.11. The Labute approximate surface area is 144 Å². The predicted molar refractivity (Wildman–Crippen MR) is 101 cm³/mol. The second-order valence-electron chi connectivity index (χ2n) is 5.86. The first-order valence-electron chi connectivity index (χ1n) is 8.34. The minimum Gasteiger partial charge on any atom is -0.497 e. The monoisotopic (exact) mass is 317 g/mol. The van der Waals surface area contributed by atoms with Crippen molar-refractivity contribution in [1.82, 2.24) is 0 Å². The van der Waals surface area contributed by atoms with Gasteiger partial charge in [-0.3, -0.25) is 0 Å². The third-order valence-corrected chi connectivity index (χ3v) is 4.20. The molecule has 0 unspecified atom stereocenters. The van der Waals surface area contributed by atoms with Crippen LogP contribution in [0.3, 0.4) is 0 Å². The van der Waals surface area contributed by atoms with E-state index in [1.807, 2.05) is 12.1 Å². The smallest absolute Gasteiger partial charge is 0.119 e. The van der Waals surface area contributed by atoms with E-state index in [1.54, 1.807) is 7.11 Å². The quantitative estimate of drug-likeness (QED) is 0.623. The van der Waals surface area contributed by atoms with Gasteiger partial charge in [-0.05, 0) is 48.2 Å². The van der Waals surface area contributed by atoms with Gasteiger partial charge in [0.1, 0.15) is 5.75 Å². The molecule has 122 valence electrons. The molecule has 0 saturated heterocycles. The van der Waals surface area contributed by atoms with E-state index in [0.717, 1.165) is 24.3 Å². The molecule has 0 bridgehead atoms. The van der Waals surface area contributed by atoms with Gasteiger partial charge in [-0.2, -0.15) is 0 Å². The Hall–Kier alpha value is -2.74. The van der Waals surface area contributed by atoms with Crippen molar-refractivity contribution in [3.8, 4) is 5.75 Å². The lowest BCUT2D eigenvalue weighted by Gasteiger charge is -2.21. The van der Waals surface area contributed by atoms with Crippen molar-refractivity contribution in [2.75, 3.05) is 12.4 Å². The number of ether oxygens (including phenoxy) is 1. The third-order valence-electron chi connectivity index (χ3n) is 4.20. The molecule has 0 spiro atoms. The Morgan fingerprint density at radius 2 is 1.42 bits per heavy atom. The predicted octanol–water partition coefficient (Wildman–Crippen LogP) is 5.48. The molecule has 24 heavy (non-hydrogen) atoms. The summed E-state index contributed by atoms with van der Waals surface area (Å²) in [6, 6.07) is 29.7. The van der Waals surface area contributed by atoms with Crippen LogP contribution in [0.5, 0.6) is 5.75 Å². The lowest BCUT2D eigenvalue weighted by Crippen LogP contribution is -2.12. The van der Waals surface area contributed by atoms with Crippen molar-refractivity contribution in [2.24, 2.45) is 0 Å². The van der Waals surface area contributed by atoms with Crippen LogP contribution < -0.4 is 10.1 Å². The first-order valence-corrected chi connectivity index (χ1v) is 8.34. The summed E-state index contributed by atoms with van der Waals surface area (Å²) in [6.07, 6.45) is 2.09. The second kappa shape index (κ2) is 8.21. The molecule has 0 fully saturated rings. The fourth-order valence-corrected chi connectivity index (χ4v) is 2.85. The maximum absolute atomic E-state index is 5.24. The number of methoxy groups -OCH3 is 1. The number of aryl methyl sites for hydroxylation is 1. The minimum absolute atomic E-state index is 0.278. The molecule has 0 amide bonds. The van der Waals surface area contributed by atoms with Gasteiger partial charge in [0.05, 0.1) is 13.2 Å². The van der Waals surface area contributed by atoms with Gasteiger partial charge in [-0.25, -0.2) is 0 Å². The van der Waals surface area contributed by atoms with Crippen LogP contribution in [0, 0.1) is 0 Å². The summed E-state index contributed by atoms with van der Waals surface area (Å²) in [5, 5.41) is 3.66. The zero-order valence-electron chi connectivity index (χ0n) is 14.0. The van der Waals surface area contributed by atoms with E-state index in [9.17, 15) is 0 Å². The van der Waals surface area contributed by atoms with Crippen LogP contribution >= 0.6 is 0 Å². The number of nitrogens with one attached hydrogen (secondary N) is 1. The Kier molecular flexibility index (Phi) is 5.52. The van der Waals surface area contributed by atoms with Crippen LogP contribution in [0.4, 0.5) is 5.69 Å². The molecule has 2 nitrogen and oxygen atoms in total. The van der Waals surface area contributed by atoms with E-state index >= 15 is 0 Å². The van der Waals surface area contributed by atoms with Crippen LogP contribution in [0.25, 0.3) is 0 Å². The minimum atomic E-state index is 0.278. The normalized spacial score (nSPS) is 11.7. The Balaban J connectivity index is 1.74. The fraction of sp³-hybridized carbons (Fsp3) is 0.182. The summed E-state index contributed by atoms with van der Waals surface area (Å²) in [5.74, 6) is 0.876. The number of rotatable bonds is 7. The number of hydrogen-bond acceptors (Lipinski definition) is 2. The topological polar surface area (TPSA) is 21.3 Å². The summed E-state index contributed by atoms with van der Waals surface area (Å²) < 4.78 is 5.24. The van der Waals surface area contributed by atoms with Gasteiger partial charge in [0, 0.05) is 5.69 Å². The summed E-state index contributed by atoms with van der Waals surface area (Å²) in [6.45, 7) is 0. The zero-order chi connectivity index (χ0) is 16.6. The van der Waals surface area contributed by atoms with Gasteiger partial charge in [-0.15, -0.1) is 0 Å². The molecular formula is C22H23NO. The molecule has 0 aliphatic heterocycles. The Morgan fingerprint density at radius 3 is 2.04 bits per heavy atom. The number of anilines is 1. The van der Waals surface area contributed by atoms with Crippen molar-refractivity contribution in [3.05, 3.63) is 96.1 Å². The molecule has 0 heterocycles. The van der Waals surface area contributed by atoms with Crippen LogP contribution in [-0.2, 0) is 6.42 Å². The first-order chi connectivity index (χ1) is 11.8. The van der Waals surface area contributed by atoms with Gasteiger partial charge in [0.25, 0.3) is 0 Å².